The molecule has 152 valence electrons. The lowest BCUT2D eigenvalue weighted by molar-refractivity contribution is -0.118. The molecule has 0 bridgehead atoms. The number of primary amides is 2. The molecule has 29 heavy (non-hydrogen) atoms. The van der Waals surface area contributed by atoms with Crippen molar-refractivity contribution in [2.45, 2.75) is 19.4 Å². The maximum Gasteiger partial charge on any atom is 0.250 e. The molecule has 8 nitrogen and oxygen atoms in total. The number of aromatic nitrogens is 1. The van der Waals surface area contributed by atoms with Crippen molar-refractivity contribution in [2.24, 2.45) is 17.2 Å². The van der Waals surface area contributed by atoms with Gasteiger partial charge in [-0.15, -0.1) is 0 Å². The number of nitrogens with one attached hydrogen (secondary N) is 2. The Balaban J connectivity index is 2.36. The van der Waals surface area contributed by atoms with Crippen molar-refractivity contribution in [2.75, 3.05) is 10.6 Å². The number of rotatable bonds is 8. The van der Waals surface area contributed by atoms with Crippen LogP contribution < -0.4 is 27.8 Å². The minimum atomic E-state index is -0.905. The zero-order valence-corrected chi connectivity index (χ0v) is 16.4. The van der Waals surface area contributed by atoms with E-state index in [1.165, 1.54) is 12.1 Å². The van der Waals surface area contributed by atoms with E-state index in [9.17, 15) is 14.0 Å². The summed E-state index contributed by atoms with van der Waals surface area (Å²) < 4.78 is 14.6. The van der Waals surface area contributed by atoms with E-state index in [0.717, 1.165) is 11.6 Å². The Kier molecular flexibility index (Phi) is 7.21. The summed E-state index contributed by atoms with van der Waals surface area (Å²) in [6.07, 6.45) is 4.83. The van der Waals surface area contributed by atoms with Gasteiger partial charge in [-0.2, -0.15) is 0 Å². The fourth-order valence-electron chi connectivity index (χ4n) is 2.53. The normalized spacial score (nSPS) is 12.1. The number of pyridine rings is 1. The van der Waals surface area contributed by atoms with Gasteiger partial charge in [0.15, 0.2) is 0 Å². The lowest BCUT2D eigenvalue weighted by atomic mass is 10.1. The van der Waals surface area contributed by atoms with Gasteiger partial charge in [0.05, 0.1) is 16.9 Å². The topological polar surface area (TPSA) is 149 Å². The molecule has 1 aromatic carbocycles. The van der Waals surface area contributed by atoms with Crippen LogP contribution in [-0.4, -0.2) is 27.8 Å². The number of hydrogen-bond acceptors (Lipinski definition) is 6. The summed E-state index contributed by atoms with van der Waals surface area (Å²) in [7, 11) is 0. The Hall–Kier alpha value is -3.53. The van der Waals surface area contributed by atoms with Crippen LogP contribution in [0.1, 0.15) is 22.8 Å². The molecule has 1 atom stereocenters. The number of allylic oxidation sites excluding steroid dienone is 1. The molecule has 2 rings (SSSR count). The molecule has 0 saturated heterocycles. The largest absolute Gasteiger partial charge is 0.402 e. The summed E-state index contributed by atoms with van der Waals surface area (Å²) in [5.74, 6) is -2.30. The van der Waals surface area contributed by atoms with Gasteiger partial charge in [-0.3, -0.25) is 14.6 Å². The van der Waals surface area contributed by atoms with E-state index in [4.69, 9.17) is 29.4 Å². The van der Waals surface area contributed by atoms with Crippen molar-refractivity contribution in [3.8, 4) is 0 Å². The van der Waals surface area contributed by atoms with Gasteiger partial charge in [-0.05, 0) is 42.8 Å². The third kappa shape index (κ3) is 6.25. The lowest BCUT2D eigenvalue weighted by Gasteiger charge is -2.19. The summed E-state index contributed by atoms with van der Waals surface area (Å²) in [5.41, 5.74) is 17.6. The van der Waals surface area contributed by atoms with Crippen molar-refractivity contribution >= 4 is 40.4 Å². The van der Waals surface area contributed by atoms with Crippen LogP contribution in [0.3, 0.4) is 0 Å². The molecule has 1 heterocycles. The van der Waals surface area contributed by atoms with E-state index in [0.29, 0.717) is 5.70 Å². The minimum Gasteiger partial charge on any atom is -0.402 e. The molecule has 2 aromatic rings. The first-order chi connectivity index (χ1) is 13.7. The fourth-order valence-corrected chi connectivity index (χ4v) is 2.83. The molecule has 10 heteroatoms. The number of benzene rings is 1. The Bertz CT molecular complexity index is 961. The maximum atomic E-state index is 14.6. The van der Waals surface area contributed by atoms with Crippen LogP contribution in [0.25, 0.3) is 0 Å². The number of anilines is 2. The second-order valence-corrected chi connectivity index (χ2v) is 6.72. The van der Waals surface area contributed by atoms with Gasteiger partial charge in [-0.1, -0.05) is 12.2 Å². The number of hydrogen-bond donors (Lipinski definition) is 5. The number of thiocarbonyl (C=S) groups is 1. The highest BCUT2D eigenvalue weighted by Crippen LogP contribution is 2.26. The molecule has 0 spiro atoms. The first kappa shape index (κ1) is 21.8. The Morgan fingerprint density at radius 2 is 1.86 bits per heavy atom. The number of nitrogens with two attached hydrogens (primary N) is 3. The highest BCUT2D eigenvalue weighted by atomic mass is 32.1. The monoisotopic (exact) mass is 416 g/mol. The lowest BCUT2D eigenvalue weighted by Crippen LogP contribution is -2.37. The summed E-state index contributed by atoms with van der Waals surface area (Å²) >= 11 is 5.14. The minimum absolute atomic E-state index is 0.0494. The van der Waals surface area contributed by atoms with Crippen LogP contribution in [0.5, 0.6) is 0 Å². The standard InChI is InChI=1S/C19H21FN6O2S/c1-10(21)6-17(29)26-14-9-15(13(20)8-12(14)18(22)27)25-16(19(23)28)7-11-2-4-24-5-3-11/h2-6,8-9,16,25H,7,21H2,1H3,(H2,22,27)(H2,23,28)(H,26,29)/t16-/m1/s1. The molecule has 0 aliphatic rings. The zero-order valence-electron chi connectivity index (χ0n) is 15.6. The molecule has 0 saturated carbocycles. The fraction of sp³-hybridized carbons (Fsp3) is 0.158. The predicted octanol–water partition coefficient (Wildman–Crippen LogP) is 1.43. The zero-order chi connectivity index (χ0) is 21.6. The van der Waals surface area contributed by atoms with Crippen molar-refractivity contribution in [3.05, 3.63) is 65.4 Å². The number of carbonyl (C=O) groups is 2. The molecular weight excluding hydrogens is 395 g/mol. The smallest absolute Gasteiger partial charge is 0.250 e. The SMILES string of the molecule is CC(N)=CC(=S)Nc1cc(N[C@H](Cc2ccncc2)C(N)=O)c(F)cc1C(N)=O. The van der Waals surface area contributed by atoms with Gasteiger partial charge in [0.2, 0.25) is 5.91 Å². The van der Waals surface area contributed by atoms with Crippen LogP contribution in [0.2, 0.25) is 0 Å². The molecular formula is C19H21FN6O2S. The van der Waals surface area contributed by atoms with E-state index in [-0.39, 0.29) is 28.3 Å². The average molecular weight is 416 g/mol. The predicted molar refractivity (Wildman–Crippen MR) is 114 cm³/mol. The quantitative estimate of drug-likeness (QED) is 0.323. The molecule has 0 aliphatic heterocycles. The van der Waals surface area contributed by atoms with Crippen LogP contribution in [0, 0.1) is 5.82 Å². The molecule has 8 N–H and O–H groups in total. The summed E-state index contributed by atoms with van der Waals surface area (Å²) in [5, 5.41) is 5.56. The molecule has 0 unspecified atom stereocenters. The average Bonchev–Trinajstić information content (AvgIpc) is 2.63. The molecule has 0 radical (unpaired) electrons. The first-order valence-corrected chi connectivity index (χ1v) is 8.91. The van der Waals surface area contributed by atoms with Gasteiger partial charge in [0, 0.05) is 24.5 Å². The van der Waals surface area contributed by atoms with Crippen molar-refractivity contribution < 1.29 is 14.0 Å². The van der Waals surface area contributed by atoms with Crippen LogP contribution >= 0.6 is 12.2 Å². The van der Waals surface area contributed by atoms with Crippen LogP contribution in [0.4, 0.5) is 15.8 Å². The van der Waals surface area contributed by atoms with E-state index in [1.54, 1.807) is 31.5 Å². The molecule has 1 aromatic heterocycles. The summed E-state index contributed by atoms with van der Waals surface area (Å²) in [4.78, 5) is 27.7. The Morgan fingerprint density at radius 3 is 2.41 bits per heavy atom. The van der Waals surface area contributed by atoms with Crippen molar-refractivity contribution in [1.29, 1.82) is 0 Å². The van der Waals surface area contributed by atoms with Crippen LogP contribution in [-0.2, 0) is 11.2 Å². The number of halogens is 1. The number of carbonyl (C=O) groups excluding carboxylic acids is 2. The number of amides is 2. The van der Waals surface area contributed by atoms with E-state index in [2.05, 4.69) is 15.6 Å². The van der Waals surface area contributed by atoms with Crippen molar-refractivity contribution in [3.63, 3.8) is 0 Å². The molecule has 2 amide bonds. The van der Waals surface area contributed by atoms with Crippen molar-refractivity contribution in [1.82, 2.24) is 4.98 Å². The second kappa shape index (κ2) is 9.60. The third-order valence-electron chi connectivity index (χ3n) is 3.85. The number of nitrogens with zero attached hydrogens (tertiary/aromatic N) is 1. The highest BCUT2D eigenvalue weighted by Gasteiger charge is 2.20. The van der Waals surface area contributed by atoms with E-state index < -0.39 is 23.7 Å². The van der Waals surface area contributed by atoms with Gasteiger partial charge in [-0.25, -0.2) is 4.39 Å². The van der Waals surface area contributed by atoms with Gasteiger partial charge >= 0.3 is 0 Å². The third-order valence-corrected chi connectivity index (χ3v) is 4.07. The Morgan fingerprint density at radius 1 is 1.21 bits per heavy atom. The van der Waals surface area contributed by atoms with Gasteiger partial charge in [0.25, 0.3) is 5.91 Å². The van der Waals surface area contributed by atoms with E-state index >= 15 is 0 Å². The summed E-state index contributed by atoms with van der Waals surface area (Å²) in [6, 6.07) is 4.79. The van der Waals surface area contributed by atoms with Crippen LogP contribution in [0.15, 0.2) is 48.4 Å². The van der Waals surface area contributed by atoms with Gasteiger partial charge in [0.1, 0.15) is 16.8 Å². The Labute approximate surface area is 172 Å². The van der Waals surface area contributed by atoms with E-state index in [1.807, 2.05) is 0 Å². The maximum absolute atomic E-state index is 14.6. The summed E-state index contributed by atoms with van der Waals surface area (Å²) in [6.45, 7) is 1.64. The first-order valence-electron chi connectivity index (χ1n) is 8.50. The molecule has 0 fully saturated rings. The second-order valence-electron chi connectivity index (χ2n) is 6.28. The molecule has 0 aliphatic carbocycles. The van der Waals surface area contributed by atoms with Gasteiger partial charge < -0.3 is 27.8 Å². The highest BCUT2D eigenvalue weighted by molar-refractivity contribution is 7.81.